The summed E-state index contributed by atoms with van der Waals surface area (Å²) in [6.45, 7) is 2.68. The first-order chi connectivity index (χ1) is 9.83. The zero-order valence-electron chi connectivity index (χ0n) is 12.5. The number of nitrogens with two attached hydrogens (primary N) is 1. The van der Waals surface area contributed by atoms with E-state index in [1.54, 1.807) is 19.0 Å². The number of nitrogen functional groups attached to an aromatic ring is 1. The van der Waals surface area contributed by atoms with Crippen LogP contribution in [0.15, 0.2) is 18.2 Å². The summed E-state index contributed by atoms with van der Waals surface area (Å²) in [6, 6.07) is 3.98. The monoisotopic (exact) mass is 296 g/mol. The predicted octanol–water partition coefficient (Wildman–Crippen LogP) is 0.756. The van der Waals surface area contributed by atoms with Crippen molar-refractivity contribution in [3.8, 4) is 0 Å². The Balaban J connectivity index is 2.58. The molecule has 0 aliphatic rings. The first-order valence-electron chi connectivity index (χ1n) is 6.60. The van der Waals surface area contributed by atoms with Gasteiger partial charge >= 0.3 is 0 Å². The molecule has 6 nitrogen and oxygen atoms in total. The van der Waals surface area contributed by atoms with E-state index in [1.807, 2.05) is 6.92 Å². The van der Waals surface area contributed by atoms with Crippen molar-refractivity contribution in [1.82, 2.24) is 9.80 Å². The van der Waals surface area contributed by atoms with Gasteiger partial charge in [-0.1, -0.05) is 6.92 Å². The summed E-state index contributed by atoms with van der Waals surface area (Å²) >= 11 is 0. The van der Waals surface area contributed by atoms with E-state index in [1.165, 1.54) is 23.1 Å². The summed E-state index contributed by atoms with van der Waals surface area (Å²) in [5.41, 5.74) is 5.84. The highest BCUT2D eigenvalue weighted by Crippen LogP contribution is 2.16. The van der Waals surface area contributed by atoms with Crippen molar-refractivity contribution in [2.75, 3.05) is 44.8 Å². The molecule has 0 saturated carbocycles. The number of halogens is 1. The molecule has 0 saturated heterocycles. The van der Waals surface area contributed by atoms with Crippen molar-refractivity contribution in [1.29, 1.82) is 0 Å². The topological polar surface area (TPSA) is 78.7 Å². The molecule has 3 N–H and O–H groups in total. The number of rotatable bonds is 6. The normalized spacial score (nSPS) is 10.5. The lowest BCUT2D eigenvalue weighted by Crippen LogP contribution is -2.40. The lowest BCUT2D eigenvalue weighted by atomic mass is 10.2. The first-order valence-corrected chi connectivity index (χ1v) is 6.60. The largest absolute Gasteiger partial charge is 0.396 e. The fraction of sp³-hybridized carbons (Fsp3) is 0.429. The van der Waals surface area contributed by atoms with Gasteiger partial charge in [0.1, 0.15) is 5.82 Å². The van der Waals surface area contributed by atoms with E-state index in [2.05, 4.69) is 5.32 Å². The minimum atomic E-state index is -0.528. The Morgan fingerprint density at radius 3 is 2.48 bits per heavy atom. The van der Waals surface area contributed by atoms with Gasteiger partial charge in [0, 0.05) is 19.8 Å². The molecule has 0 aromatic heterocycles. The van der Waals surface area contributed by atoms with Crippen molar-refractivity contribution >= 4 is 23.2 Å². The molecule has 0 spiro atoms. The molecule has 0 atom stereocenters. The highest BCUT2D eigenvalue weighted by atomic mass is 19.1. The number of benzene rings is 1. The van der Waals surface area contributed by atoms with Crippen LogP contribution in [0.25, 0.3) is 0 Å². The van der Waals surface area contributed by atoms with Gasteiger partial charge in [-0.15, -0.1) is 0 Å². The highest BCUT2D eigenvalue weighted by Gasteiger charge is 2.14. The van der Waals surface area contributed by atoms with Crippen molar-refractivity contribution < 1.29 is 14.0 Å². The fourth-order valence-corrected chi connectivity index (χ4v) is 1.64. The zero-order valence-corrected chi connectivity index (χ0v) is 12.5. The van der Waals surface area contributed by atoms with E-state index >= 15 is 0 Å². The summed E-state index contributed by atoms with van der Waals surface area (Å²) < 4.78 is 13.0. The molecule has 0 fully saturated rings. The van der Waals surface area contributed by atoms with Crippen LogP contribution in [0.1, 0.15) is 6.92 Å². The van der Waals surface area contributed by atoms with Crippen LogP contribution < -0.4 is 11.1 Å². The number of likely N-dealkylation sites (N-methyl/N-ethyl adjacent to an activating group) is 2. The van der Waals surface area contributed by atoms with Crippen molar-refractivity contribution in [2.24, 2.45) is 0 Å². The second-order valence-electron chi connectivity index (χ2n) is 4.88. The van der Waals surface area contributed by atoms with Crippen LogP contribution >= 0.6 is 0 Å². The standard InChI is InChI=1S/C14H21FN4O2/c1-4-19(9-14(21)18(2)3)8-13(20)17-10-5-6-11(15)12(16)7-10/h5-7H,4,8-9,16H2,1-3H3,(H,17,20). The van der Waals surface area contributed by atoms with Crippen LogP contribution in [0.2, 0.25) is 0 Å². The molecule has 0 aliphatic heterocycles. The summed E-state index contributed by atoms with van der Waals surface area (Å²) in [7, 11) is 3.33. The van der Waals surface area contributed by atoms with E-state index in [4.69, 9.17) is 5.73 Å². The second-order valence-corrected chi connectivity index (χ2v) is 4.88. The van der Waals surface area contributed by atoms with Crippen LogP contribution in [0, 0.1) is 5.82 Å². The van der Waals surface area contributed by atoms with E-state index in [0.29, 0.717) is 12.2 Å². The molecule has 1 rings (SSSR count). The maximum Gasteiger partial charge on any atom is 0.238 e. The number of carbonyl (C=O) groups excluding carboxylic acids is 2. The molecule has 0 aliphatic carbocycles. The van der Waals surface area contributed by atoms with Gasteiger partial charge in [0.2, 0.25) is 11.8 Å². The third-order valence-electron chi connectivity index (χ3n) is 2.95. The van der Waals surface area contributed by atoms with Gasteiger partial charge in [-0.25, -0.2) is 4.39 Å². The quantitative estimate of drug-likeness (QED) is 0.760. The van der Waals surface area contributed by atoms with E-state index < -0.39 is 5.82 Å². The average Bonchev–Trinajstić information content (AvgIpc) is 2.41. The third kappa shape index (κ3) is 5.39. The Hall–Kier alpha value is -2.15. The zero-order chi connectivity index (χ0) is 16.0. The van der Waals surface area contributed by atoms with Gasteiger partial charge in [0.05, 0.1) is 18.8 Å². The number of hydrogen-bond donors (Lipinski definition) is 2. The number of carbonyl (C=O) groups is 2. The maximum absolute atomic E-state index is 13.0. The van der Waals surface area contributed by atoms with Crippen LogP contribution in [0.3, 0.4) is 0 Å². The van der Waals surface area contributed by atoms with Gasteiger partial charge in [-0.3, -0.25) is 14.5 Å². The Bertz CT molecular complexity index is 520. The van der Waals surface area contributed by atoms with Crippen molar-refractivity contribution in [3.63, 3.8) is 0 Å². The lowest BCUT2D eigenvalue weighted by molar-refractivity contribution is -0.130. The summed E-state index contributed by atoms with van der Waals surface area (Å²) in [5, 5.41) is 2.63. The number of nitrogens with one attached hydrogen (secondary N) is 1. The van der Waals surface area contributed by atoms with Gasteiger partial charge in [0.25, 0.3) is 0 Å². The molecule has 0 bridgehead atoms. The molecule has 0 heterocycles. The average molecular weight is 296 g/mol. The smallest absolute Gasteiger partial charge is 0.238 e. The maximum atomic E-state index is 13.0. The summed E-state index contributed by atoms with van der Waals surface area (Å²) in [6.07, 6.45) is 0. The van der Waals surface area contributed by atoms with E-state index in [-0.39, 0.29) is 30.6 Å². The van der Waals surface area contributed by atoms with Gasteiger partial charge in [-0.2, -0.15) is 0 Å². The molecule has 7 heteroatoms. The molecule has 21 heavy (non-hydrogen) atoms. The first kappa shape index (κ1) is 16.9. The molecule has 116 valence electrons. The lowest BCUT2D eigenvalue weighted by Gasteiger charge is -2.21. The Labute approximate surface area is 123 Å². The number of anilines is 2. The van der Waals surface area contributed by atoms with Gasteiger partial charge in [0.15, 0.2) is 0 Å². The number of hydrogen-bond acceptors (Lipinski definition) is 4. The molecule has 1 aromatic rings. The molecule has 2 amide bonds. The van der Waals surface area contributed by atoms with Crippen molar-refractivity contribution in [2.45, 2.75) is 6.92 Å². The predicted molar refractivity (Wildman–Crippen MR) is 80.3 cm³/mol. The highest BCUT2D eigenvalue weighted by molar-refractivity contribution is 5.93. The third-order valence-corrected chi connectivity index (χ3v) is 2.95. The van der Waals surface area contributed by atoms with E-state index in [0.717, 1.165) is 0 Å². The minimum absolute atomic E-state index is 0.0251. The molecule has 0 radical (unpaired) electrons. The Morgan fingerprint density at radius 2 is 1.95 bits per heavy atom. The molecule has 1 aromatic carbocycles. The number of nitrogens with zero attached hydrogens (tertiary/aromatic N) is 2. The van der Waals surface area contributed by atoms with Gasteiger partial charge < -0.3 is 16.0 Å². The summed E-state index contributed by atoms with van der Waals surface area (Å²) in [5.74, 6) is -0.884. The van der Waals surface area contributed by atoms with Crippen LogP contribution in [0.5, 0.6) is 0 Å². The van der Waals surface area contributed by atoms with Crippen molar-refractivity contribution in [3.05, 3.63) is 24.0 Å². The Kier molecular flexibility index (Phi) is 6.10. The molecular formula is C14H21FN4O2. The molecular weight excluding hydrogens is 275 g/mol. The summed E-state index contributed by atoms with van der Waals surface area (Å²) in [4.78, 5) is 26.7. The van der Waals surface area contributed by atoms with Gasteiger partial charge in [-0.05, 0) is 24.7 Å². The SMILES string of the molecule is CCN(CC(=O)Nc1ccc(F)c(N)c1)CC(=O)N(C)C. The van der Waals surface area contributed by atoms with Crippen LogP contribution in [-0.4, -0.2) is 55.3 Å². The van der Waals surface area contributed by atoms with E-state index in [9.17, 15) is 14.0 Å². The molecule has 0 unspecified atom stereocenters. The Morgan fingerprint density at radius 1 is 1.29 bits per heavy atom. The minimum Gasteiger partial charge on any atom is -0.396 e. The fourth-order valence-electron chi connectivity index (χ4n) is 1.64. The second kappa shape index (κ2) is 7.58. The van der Waals surface area contributed by atoms with Crippen LogP contribution in [0.4, 0.5) is 15.8 Å². The number of amides is 2. The van der Waals surface area contributed by atoms with Crippen LogP contribution in [-0.2, 0) is 9.59 Å².